The summed E-state index contributed by atoms with van der Waals surface area (Å²) in [4.78, 5) is 28.7. The van der Waals surface area contributed by atoms with Gasteiger partial charge in [0.15, 0.2) is 0 Å². The Bertz CT molecular complexity index is 751. The van der Waals surface area contributed by atoms with Crippen molar-refractivity contribution in [3.8, 4) is 0 Å². The van der Waals surface area contributed by atoms with E-state index in [4.69, 9.17) is 4.42 Å². The van der Waals surface area contributed by atoms with Gasteiger partial charge in [-0.05, 0) is 49.1 Å². The predicted molar refractivity (Wildman–Crippen MR) is 104 cm³/mol. The number of hydrogen-bond donors (Lipinski definition) is 1. The lowest BCUT2D eigenvalue weighted by Crippen LogP contribution is -2.46. The summed E-state index contributed by atoms with van der Waals surface area (Å²) < 4.78 is 5.03. The fourth-order valence-corrected chi connectivity index (χ4v) is 5.27. The second kappa shape index (κ2) is 8.30. The average molecular weight is 387 g/mol. The number of furan rings is 1. The number of nitrogens with zero attached hydrogens (tertiary/aromatic N) is 1. The van der Waals surface area contributed by atoms with Gasteiger partial charge < -0.3 is 14.6 Å². The van der Waals surface area contributed by atoms with Gasteiger partial charge in [-0.2, -0.15) is 0 Å². The maximum Gasteiger partial charge on any atom is 0.257 e. The van der Waals surface area contributed by atoms with Crippen LogP contribution < -0.4 is 5.32 Å². The van der Waals surface area contributed by atoms with Crippen LogP contribution in [0.3, 0.4) is 0 Å². The lowest BCUT2D eigenvalue weighted by Gasteiger charge is -2.33. The Labute approximate surface area is 163 Å². The van der Waals surface area contributed by atoms with Gasteiger partial charge in [0.05, 0.1) is 23.8 Å². The number of nitrogens with one attached hydrogen (secondary N) is 1. The highest BCUT2D eigenvalue weighted by Crippen LogP contribution is 2.37. The van der Waals surface area contributed by atoms with Crippen molar-refractivity contribution in [2.24, 2.45) is 11.8 Å². The van der Waals surface area contributed by atoms with Crippen LogP contribution in [-0.4, -0.2) is 29.8 Å². The highest BCUT2D eigenvalue weighted by atomic mass is 32.1. The number of piperidine rings is 1. The number of likely N-dealkylation sites (tertiary alicyclic amines) is 1. The molecule has 3 heterocycles. The Balaban J connectivity index is 1.42. The quantitative estimate of drug-likeness (QED) is 0.836. The molecule has 5 nitrogen and oxygen atoms in total. The zero-order chi connectivity index (χ0) is 18.6. The molecule has 1 saturated carbocycles. The lowest BCUT2D eigenvalue weighted by molar-refractivity contribution is -0.127. The molecule has 0 spiro atoms. The van der Waals surface area contributed by atoms with E-state index in [9.17, 15) is 9.59 Å². The summed E-state index contributed by atoms with van der Waals surface area (Å²) in [5.41, 5.74) is 0.554. The molecule has 2 amide bonds. The van der Waals surface area contributed by atoms with Crippen molar-refractivity contribution < 1.29 is 14.0 Å². The Morgan fingerprint density at radius 3 is 2.74 bits per heavy atom. The first-order valence-electron chi connectivity index (χ1n) is 9.87. The molecule has 27 heavy (non-hydrogen) atoms. The summed E-state index contributed by atoms with van der Waals surface area (Å²) in [5.74, 6) is 0.426. The second-order valence-corrected chi connectivity index (χ2v) is 8.63. The highest BCUT2D eigenvalue weighted by Gasteiger charge is 2.33. The molecular formula is C21H26N2O3S. The molecule has 1 aliphatic carbocycles. The van der Waals surface area contributed by atoms with E-state index in [-0.39, 0.29) is 23.8 Å². The minimum absolute atomic E-state index is 0.0492. The van der Waals surface area contributed by atoms with Crippen LogP contribution in [-0.2, 0) is 4.79 Å². The standard InChI is InChI=1S/C21H26N2O3S/c24-20(22-19(15-5-1-2-6-15)18-8-4-12-27-18)16-7-3-10-23(13-16)21(25)17-9-11-26-14-17/h4,8-9,11-12,14-16,19H,1-3,5-7,10,13H2,(H,22,24)/t16-,19+/m1/s1. The van der Waals surface area contributed by atoms with Gasteiger partial charge in [0.2, 0.25) is 5.91 Å². The minimum Gasteiger partial charge on any atom is -0.472 e. The van der Waals surface area contributed by atoms with Gasteiger partial charge >= 0.3 is 0 Å². The van der Waals surface area contributed by atoms with Crippen molar-refractivity contribution in [2.45, 2.75) is 44.6 Å². The Hall–Kier alpha value is -2.08. The van der Waals surface area contributed by atoms with E-state index in [1.807, 2.05) is 0 Å². The van der Waals surface area contributed by atoms with Gasteiger partial charge in [0.1, 0.15) is 6.26 Å². The molecule has 4 rings (SSSR count). The van der Waals surface area contributed by atoms with Crippen LogP contribution in [0.25, 0.3) is 0 Å². The number of carbonyl (C=O) groups excluding carboxylic acids is 2. The minimum atomic E-state index is -0.140. The van der Waals surface area contributed by atoms with E-state index >= 15 is 0 Å². The first-order valence-corrected chi connectivity index (χ1v) is 10.8. The second-order valence-electron chi connectivity index (χ2n) is 7.65. The van der Waals surface area contributed by atoms with Crippen LogP contribution in [0.5, 0.6) is 0 Å². The van der Waals surface area contributed by atoms with Crippen LogP contribution in [0.2, 0.25) is 0 Å². The monoisotopic (exact) mass is 386 g/mol. The van der Waals surface area contributed by atoms with Gasteiger partial charge in [-0.1, -0.05) is 18.9 Å². The van der Waals surface area contributed by atoms with Gasteiger partial charge in [-0.3, -0.25) is 9.59 Å². The van der Waals surface area contributed by atoms with Crippen LogP contribution in [0.4, 0.5) is 0 Å². The maximum atomic E-state index is 13.1. The van der Waals surface area contributed by atoms with Crippen molar-refractivity contribution in [3.05, 3.63) is 46.5 Å². The van der Waals surface area contributed by atoms with Gasteiger partial charge in [-0.15, -0.1) is 11.3 Å². The SMILES string of the molecule is O=C(N[C@H](c1cccs1)C1CCCC1)[C@@H]1CCCN(C(=O)c2ccoc2)C1. The first-order chi connectivity index (χ1) is 13.2. The largest absolute Gasteiger partial charge is 0.472 e. The van der Waals surface area contributed by atoms with Crippen LogP contribution >= 0.6 is 11.3 Å². The molecular weight excluding hydrogens is 360 g/mol. The molecule has 1 aliphatic heterocycles. The molecule has 144 valence electrons. The van der Waals surface area contributed by atoms with Crippen molar-refractivity contribution in [1.29, 1.82) is 0 Å². The zero-order valence-electron chi connectivity index (χ0n) is 15.4. The zero-order valence-corrected chi connectivity index (χ0v) is 16.2. The molecule has 2 aromatic heterocycles. The normalized spacial score (nSPS) is 21.9. The summed E-state index contributed by atoms with van der Waals surface area (Å²) >= 11 is 1.72. The summed E-state index contributed by atoms with van der Waals surface area (Å²) in [6.45, 7) is 1.18. The number of carbonyl (C=O) groups is 2. The molecule has 0 bridgehead atoms. The smallest absolute Gasteiger partial charge is 0.257 e. The molecule has 2 aromatic rings. The molecule has 2 aliphatic rings. The topological polar surface area (TPSA) is 62.6 Å². The van der Waals surface area contributed by atoms with E-state index < -0.39 is 0 Å². The van der Waals surface area contributed by atoms with Crippen molar-refractivity contribution in [2.75, 3.05) is 13.1 Å². The number of thiophene rings is 1. The van der Waals surface area contributed by atoms with E-state index in [0.717, 1.165) is 12.8 Å². The Morgan fingerprint density at radius 2 is 2.04 bits per heavy atom. The molecule has 2 fully saturated rings. The van der Waals surface area contributed by atoms with E-state index in [2.05, 4.69) is 22.8 Å². The fourth-order valence-electron chi connectivity index (χ4n) is 4.40. The third-order valence-electron chi connectivity index (χ3n) is 5.87. The average Bonchev–Trinajstić information content (AvgIpc) is 3.48. The Kier molecular flexibility index (Phi) is 5.62. The van der Waals surface area contributed by atoms with Crippen molar-refractivity contribution in [3.63, 3.8) is 0 Å². The molecule has 1 N–H and O–H groups in total. The molecule has 0 aromatic carbocycles. The molecule has 0 radical (unpaired) electrons. The predicted octanol–water partition coefficient (Wildman–Crippen LogP) is 4.24. The molecule has 1 saturated heterocycles. The van der Waals surface area contributed by atoms with Crippen LogP contribution in [0.15, 0.2) is 40.5 Å². The first kappa shape index (κ1) is 18.3. The number of hydrogen-bond acceptors (Lipinski definition) is 4. The number of rotatable bonds is 5. The molecule has 0 unspecified atom stereocenters. The van der Waals surface area contributed by atoms with E-state index in [0.29, 0.717) is 24.6 Å². The lowest BCUT2D eigenvalue weighted by atomic mass is 9.93. The molecule has 6 heteroatoms. The van der Waals surface area contributed by atoms with Gasteiger partial charge in [0, 0.05) is 18.0 Å². The Morgan fingerprint density at radius 1 is 1.19 bits per heavy atom. The highest BCUT2D eigenvalue weighted by molar-refractivity contribution is 7.10. The van der Waals surface area contributed by atoms with Crippen molar-refractivity contribution in [1.82, 2.24) is 10.2 Å². The van der Waals surface area contributed by atoms with E-state index in [1.54, 1.807) is 22.3 Å². The maximum absolute atomic E-state index is 13.1. The summed E-state index contributed by atoms with van der Waals surface area (Å²) in [5, 5.41) is 5.42. The third kappa shape index (κ3) is 4.10. The summed E-state index contributed by atoms with van der Waals surface area (Å²) in [6, 6.07) is 5.97. The molecule has 2 atom stereocenters. The van der Waals surface area contributed by atoms with Crippen LogP contribution in [0.1, 0.15) is 59.8 Å². The van der Waals surface area contributed by atoms with E-state index in [1.165, 1.54) is 43.1 Å². The van der Waals surface area contributed by atoms with Gasteiger partial charge in [0.25, 0.3) is 5.91 Å². The summed E-state index contributed by atoms with van der Waals surface area (Å²) in [7, 11) is 0. The third-order valence-corrected chi connectivity index (χ3v) is 6.82. The number of amides is 2. The van der Waals surface area contributed by atoms with Gasteiger partial charge in [-0.25, -0.2) is 0 Å². The van der Waals surface area contributed by atoms with Crippen molar-refractivity contribution >= 4 is 23.2 Å². The fraction of sp³-hybridized carbons (Fsp3) is 0.524. The summed E-state index contributed by atoms with van der Waals surface area (Å²) in [6.07, 6.45) is 9.53. The van der Waals surface area contributed by atoms with Crippen LogP contribution in [0, 0.1) is 11.8 Å².